The monoisotopic (exact) mass is 340 g/mol. The molecule has 25 heavy (non-hydrogen) atoms. The lowest BCUT2D eigenvalue weighted by Gasteiger charge is -2.28. The van der Waals surface area contributed by atoms with Crippen molar-refractivity contribution in [1.29, 1.82) is 0 Å². The fourth-order valence-electron chi connectivity index (χ4n) is 4.20. The molecule has 2 N–H and O–H groups in total. The summed E-state index contributed by atoms with van der Waals surface area (Å²) in [5, 5.41) is 11.6. The first-order valence-corrected chi connectivity index (χ1v) is 9.06. The number of benzene rings is 1. The van der Waals surface area contributed by atoms with E-state index < -0.39 is 0 Å². The Morgan fingerprint density at radius 2 is 2.08 bits per heavy atom. The molecule has 2 aromatic rings. The van der Waals surface area contributed by atoms with E-state index >= 15 is 0 Å². The predicted octanol–water partition coefficient (Wildman–Crippen LogP) is 1.95. The van der Waals surface area contributed by atoms with Gasteiger partial charge in [-0.3, -0.25) is 19.6 Å². The van der Waals surface area contributed by atoms with Gasteiger partial charge in [0.15, 0.2) is 0 Å². The Hall–Kier alpha value is -2.21. The highest BCUT2D eigenvalue weighted by atomic mass is 16.2. The molecule has 2 amide bonds. The van der Waals surface area contributed by atoms with Crippen molar-refractivity contribution in [2.75, 3.05) is 6.54 Å². The number of amides is 2. The van der Waals surface area contributed by atoms with Crippen LogP contribution in [0.15, 0.2) is 18.2 Å². The van der Waals surface area contributed by atoms with E-state index in [2.05, 4.69) is 40.9 Å². The van der Waals surface area contributed by atoms with E-state index in [4.69, 9.17) is 0 Å². The summed E-state index contributed by atoms with van der Waals surface area (Å²) < 4.78 is 1.86. The average molecular weight is 340 g/mol. The molecule has 6 heteroatoms. The van der Waals surface area contributed by atoms with Gasteiger partial charge in [0, 0.05) is 24.9 Å². The highest BCUT2D eigenvalue weighted by Crippen LogP contribution is 2.34. The van der Waals surface area contributed by atoms with E-state index in [1.807, 2.05) is 11.7 Å². The van der Waals surface area contributed by atoms with E-state index in [1.54, 1.807) is 0 Å². The van der Waals surface area contributed by atoms with Crippen LogP contribution in [0.4, 0.5) is 0 Å². The molecular formula is C19H24N4O2. The number of fused-ring (bicyclic) bond motifs is 1. The van der Waals surface area contributed by atoms with Crippen LogP contribution in [-0.4, -0.2) is 34.2 Å². The molecule has 3 atom stereocenters. The number of hydrogen-bond donors (Lipinski definition) is 2. The van der Waals surface area contributed by atoms with Gasteiger partial charge in [0.1, 0.15) is 0 Å². The van der Waals surface area contributed by atoms with Crippen LogP contribution in [0.3, 0.4) is 0 Å². The summed E-state index contributed by atoms with van der Waals surface area (Å²) >= 11 is 0. The third-order valence-corrected chi connectivity index (χ3v) is 5.57. The molecule has 132 valence electrons. The first-order chi connectivity index (χ1) is 12.0. The van der Waals surface area contributed by atoms with Gasteiger partial charge in [-0.25, -0.2) is 0 Å². The summed E-state index contributed by atoms with van der Waals surface area (Å²) in [6, 6.07) is 7.05. The third-order valence-electron chi connectivity index (χ3n) is 5.57. The standard InChI is InChI=1S/C19H24N4O2/c1-11-9-13(7-8-20-11)12-3-4-14-16(10-12)23(2)22-18(14)15-5-6-17(24)21-19(15)25/h3-4,10-11,13,15,20H,5-9H2,1-2H3,(H,21,24,25)/t11-,13-,15?/m0/s1. The molecule has 6 nitrogen and oxygen atoms in total. The summed E-state index contributed by atoms with van der Waals surface area (Å²) in [6.07, 6.45) is 3.20. The summed E-state index contributed by atoms with van der Waals surface area (Å²) in [4.78, 5) is 23.6. The van der Waals surface area contributed by atoms with Gasteiger partial charge < -0.3 is 5.32 Å². The van der Waals surface area contributed by atoms with Crippen LogP contribution >= 0.6 is 0 Å². The van der Waals surface area contributed by atoms with Crippen molar-refractivity contribution < 1.29 is 9.59 Å². The van der Waals surface area contributed by atoms with Crippen LogP contribution in [-0.2, 0) is 16.6 Å². The maximum absolute atomic E-state index is 12.2. The van der Waals surface area contributed by atoms with E-state index in [1.165, 1.54) is 5.56 Å². The largest absolute Gasteiger partial charge is 0.314 e. The third kappa shape index (κ3) is 2.95. The lowest BCUT2D eigenvalue weighted by Crippen LogP contribution is -2.39. The van der Waals surface area contributed by atoms with Crippen molar-refractivity contribution in [2.24, 2.45) is 7.05 Å². The lowest BCUT2D eigenvalue weighted by atomic mass is 9.86. The van der Waals surface area contributed by atoms with Crippen molar-refractivity contribution >= 4 is 22.7 Å². The van der Waals surface area contributed by atoms with Crippen molar-refractivity contribution in [3.05, 3.63) is 29.5 Å². The van der Waals surface area contributed by atoms with Gasteiger partial charge in [-0.15, -0.1) is 0 Å². The molecule has 3 heterocycles. The first kappa shape index (κ1) is 16.3. The Morgan fingerprint density at radius 3 is 2.84 bits per heavy atom. The molecule has 0 spiro atoms. The molecule has 4 rings (SSSR count). The number of aromatic nitrogens is 2. The molecule has 1 aromatic heterocycles. The molecular weight excluding hydrogens is 316 g/mol. The maximum Gasteiger partial charge on any atom is 0.235 e. The van der Waals surface area contributed by atoms with Crippen LogP contribution in [0.25, 0.3) is 10.9 Å². The molecule has 1 unspecified atom stereocenters. The van der Waals surface area contributed by atoms with E-state index in [-0.39, 0.29) is 17.7 Å². The lowest BCUT2D eigenvalue weighted by molar-refractivity contribution is -0.134. The van der Waals surface area contributed by atoms with Crippen molar-refractivity contribution in [3.8, 4) is 0 Å². The van der Waals surface area contributed by atoms with E-state index in [9.17, 15) is 9.59 Å². The smallest absolute Gasteiger partial charge is 0.235 e. The fourth-order valence-corrected chi connectivity index (χ4v) is 4.20. The zero-order valence-corrected chi connectivity index (χ0v) is 14.7. The quantitative estimate of drug-likeness (QED) is 0.820. The van der Waals surface area contributed by atoms with Gasteiger partial charge in [0.05, 0.1) is 17.1 Å². The number of carbonyl (C=O) groups excluding carboxylic acids is 2. The highest BCUT2D eigenvalue weighted by Gasteiger charge is 2.31. The van der Waals surface area contributed by atoms with E-state index in [0.717, 1.165) is 36.0 Å². The number of carbonyl (C=O) groups is 2. The number of hydrogen-bond acceptors (Lipinski definition) is 4. The number of piperidine rings is 2. The van der Waals surface area contributed by atoms with Crippen LogP contribution in [0.2, 0.25) is 0 Å². The van der Waals surface area contributed by atoms with Gasteiger partial charge in [0.25, 0.3) is 0 Å². The van der Waals surface area contributed by atoms with Gasteiger partial charge >= 0.3 is 0 Å². The minimum absolute atomic E-state index is 0.191. The molecule has 0 saturated carbocycles. The van der Waals surface area contributed by atoms with Crippen LogP contribution in [0, 0.1) is 0 Å². The second kappa shape index (κ2) is 6.26. The minimum atomic E-state index is -0.342. The Bertz CT molecular complexity index is 841. The zero-order chi connectivity index (χ0) is 17.6. The molecule has 0 radical (unpaired) electrons. The molecule has 0 bridgehead atoms. The normalized spacial score (nSPS) is 27.5. The Morgan fingerprint density at radius 1 is 1.24 bits per heavy atom. The van der Waals surface area contributed by atoms with Gasteiger partial charge in [-0.1, -0.05) is 12.1 Å². The first-order valence-electron chi connectivity index (χ1n) is 9.06. The molecule has 0 aliphatic carbocycles. The fraction of sp³-hybridized carbons (Fsp3) is 0.526. The Balaban J connectivity index is 1.69. The molecule has 2 aliphatic heterocycles. The van der Waals surface area contributed by atoms with Crippen molar-refractivity contribution in [2.45, 2.75) is 50.5 Å². The minimum Gasteiger partial charge on any atom is -0.314 e. The summed E-state index contributed by atoms with van der Waals surface area (Å²) in [5.41, 5.74) is 3.19. The highest BCUT2D eigenvalue weighted by molar-refractivity contribution is 6.02. The molecule has 2 fully saturated rings. The average Bonchev–Trinajstić information content (AvgIpc) is 2.91. The van der Waals surface area contributed by atoms with Gasteiger partial charge in [0.2, 0.25) is 11.8 Å². The van der Waals surface area contributed by atoms with Crippen molar-refractivity contribution in [3.63, 3.8) is 0 Å². The van der Waals surface area contributed by atoms with Gasteiger partial charge in [-0.05, 0) is 50.3 Å². The Kier molecular flexibility index (Phi) is 4.07. The topological polar surface area (TPSA) is 76.0 Å². The second-order valence-electron chi connectivity index (χ2n) is 7.37. The molecule has 2 saturated heterocycles. The predicted molar refractivity (Wildman–Crippen MR) is 95.3 cm³/mol. The Labute approximate surface area is 147 Å². The molecule has 1 aromatic carbocycles. The van der Waals surface area contributed by atoms with Crippen LogP contribution in [0.5, 0.6) is 0 Å². The number of aryl methyl sites for hydroxylation is 1. The maximum atomic E-state index is 12.2. The molecule has 2 aliphatic rings. The summed E-state index contributed by atoms with van der Waals surface area (Å²) in [5.74, 6) is -0.197. The van der Waals surface area contributed by atoms with Crippen LogP contribution in [0.1, 0.15) is 55.7 Å². The van der Waals surface area contributed by atoms with Crippen molar-refractivity contribution in [1.82, 2.24) is 20.4 Å². The number of nitrogens with zero attached hydrogens (tertiary/aromatic N) is 2. The van der Waals surface area contributed by atoms with Crippen LogP contribution < -0.4 is 10.6 Å². The SMILES string of the molecule is C[C@H]1C[C@@H](c2ccc3c(C4CCC(=O)NC4=O)nn(C)c3c2)CCN1. The number of nitrogens with one attached hydrogen (secondary N) is 2. The van der Waals surface area contributed by atoms with Gasteiger partial charge in [-0.2, -0.15) is 5.10 Å². The number of rotatable bonds is 2. The zero-order valence-electron chi connectivity index (χ0n) is 14.7. The second-order valence-corrected chi connectivity index (χ2v) is 7.37. The van der Waals surface area contributed by atoms with E-state index in [0.29, 0.717) is 24.8 Å². The summed E-state index contributed by atoms with van der Waals surface area (Å²) in [7, 11) is 1.92. The summed E-state index contributed by atoms with van der Waals surface area (Å²) in [6.45, 7) is 3.28. The number of imide groups is 1.